The van der Waals surface area contributed by atoms with E-state index in [1.54, 1.807) is 10.6 Å². The Hall–Kier alpha value is -1.92. The Morgan fingerprint density at radius 2 is 1.95 bits per heavy atom. The lowest BCUT2D eigenvalue weighted by Gasteiger charge is -2.26. The van der Waals surface area contributed by atoms with E-state index in [-0.39, 0.29) is 5.69 Å². The largest absolute Gasteiger partial charge is 0.384 e. The first-order chi connectivity index (χ1) is 9.75. The molecule has 2 heterocycles. The van der Waals surface area contributed by atoms with Crippen LogP contribution in [-0.4, -0.2) is 47.3 Å². The van der Waals surface area contributed by atoms with Crippen LogP contribution in [0.1, 0.15) is 0 Å². The zero-order valence-corrected chi connectivity index (χ0v) is 11.3. The quantitative estimate of drug-likeness (QED) is 0.872. The summed E-state index contributed by atoms with van der Waals surface area (Å²) in [6, 6.07) is 7.45. The number of aromatic nitrogens is 2. The zero-order valence-electron chi connectivity index (χ0n) is 11.3. The fraction of sp³-hybridized carbons (Fsp3) is 0.429. The van der Waals surface area contributed by atoms with Gasteiger partial charge in [-0.2, -0.15) is 4.98 Å². The summed E-state index contributed by atoms with van der Waals surface area (Å²) in [5, 5.41) is 0.828. The van der Waals surface area contributed by atoms with Crippen molar-refractivity contribution in [1.29, 1.82) is 0 Å². The SMILES string of the molecule is Nc1c2ccccc2nc(=O)n1CCN1CCOCC1. The van der Waals surface area contributed by atoms with Gasteiger partial charge in [-0.15, -0.1) is 0 Å². The highest BCUT2D eigenvalue weighted by atomic mass is 16.5. The van der Waals surface area contributed by atoms with Crippen LogP contribution in [-0.2, 0) is 11.3 Å². The minimum absolute atomic E-state index is 0.283. The second kappa shape index (κ2) is 5.60. The number of para-hydroxylation sites is 1. The van der Waals surface area contributed by atoms with Crippen LogP contribution in [0.15, 0.2) is 29.1 Å². The number of anilines is 1. The van der Waals surface area contributed by atoms with Crippen molar-refractivity contribution in [2.45, 2.75) is 6.54 Å². The fourth-order valence-electron chi connectivity index (χ4n) is 2.48. The molecule has 0 aliphatic carbocycles. The van der Waals surface area contributed by atoms with Crippen LogP contribution in [0.25, 0.3) is 10.9 Å². The second-order valence-electron chi connectivity index (χ2n) is 4.90. The van der Waals surface area contributed by atoms with E-state index in [1.165, 1.54) is 0 Å². The van der Waals surface area contributed by atoms with E-state index in [0.717, 1.165) is 38.2 Å². The van der Waals surface area contributed by atoms with Crippen LogP contribution >= 0.6 is 0 Å². The van der Waals surface area contributed by atoms with Crippen molar-refractivity contribution in [3.8, 4) is 0 Å². The highest BCUT2D eigenvalue weighted by Gasteiger charge is 2.12. The number of fused-ring (bicyclic) bond motifs is 1. The van der Waals surface area contributed by atoms with Crippen molar-refractivity contribution >= 4 is 16.7 Å². The van der Waals surface area contributed by atoms with Crippen LogP contribution in [0.3, 0.4) is 0 Å². The summed E-state index contributed by atoms with van der Waals surface area (Å²) in [5.74, 6) is 0.494. The Bertz CT molecular complexity index is 662. The molecule has 0 unspecified atom stereocenters. The number of benzene rings is 1. The predicted octanol–water partition coefficient (Wildman–Crippen LogP) is 0.311. The molecule has 0 saturated carbocycles. The normalized spacial score (nSPS) is 16.6. The number of morpholine rings is 1. The molecule has 1 aliphatic rings. The molecule has 0 amide bonds. The summed E-state index contributed by atoms with van der Waals surface area (Å²) in [5.41, 5.74) is 6.48. The Balaban J connectivity index is 1.85. The van der Waals surface area contributed by atoms with Gasteiger partial charge < -0.3 is 10.5 Å². The first-order valence-corrected chi connectivity index (χ1v) is 6.81. The van der Waals surface area contributed by atoms with Crippen molar-refractivity contribution < 1.29 is 4.74 Å². The lowest BCUT2D eigenvalue weighted by Crippen LogP contribution is -2.39. The van der Waals surface area contributed by atoms with Gasteiger partial charge in [-0.1, -0.05) is 12.1 Å². The van der Waals surface area contributed by atoms with Crippen LogP contribution in [0.4, 0.5) is 5.82 Å². The van der Waals surface area contributed by atoms with E-state index in [2.05, 4.69) is 9.88 Å². The van der Waals surface area contributed by atoms with E-state index < -0.39 is 0 Å². The summed E-state index contributed by atoms with van der Waals surface area (Å²) in [7, 11) is 0. The lowest BCUT2D eigenvalue weighted by atomic mass is 10.2. The van der Waals surface area contributed by atoms with E-state index in [4.69, 9.17) is 10.5 Å². The summed E-state index contributed by atoms with van der Waals surface area (Å²) >= 11 is 0. The molecule has 2 N–H and O–H groups in total. The van der Waals surface area contributed by atoms with Gasteiger partial charge in [-0.25, -0.2) is 4.79 Å². The van der Waals surface area contributed by atoms with E-state index >= 15 is 0 Å². The molecule has 0 radical (unpaired) electrons. The molecular weight excluding hydrogens is 256 g/mol. The Labute approximate surface area is 116 Å². The summed E-state index contributed by atoms with van der Waals surface area (Å²) < 4.78 is 6.86. The molecule has 6 heteroatoms. The molecule has 1 saturated heterocycles. The minimum atomic E-state index is -0.283. The number of nitrogens with zero attached hydrogens (tertiary/aromatic N) is 3. The maximum Gasteiger partial charge on any atom is 0.349 e. The third-order valence-electron chi connectivity index (χ3n) is 3.66. The molecule has 0 spiro atoms. The minimum Gasteiger partial charge on any atom is -0.384 e. The van der Waals surface area contributed by atoms with Crippen molar-refractivity contribution in [1.82, 2.24) is 14.5 Å². The molecule has 6 nitrogen and oxygen atoms in total. The van der Waals surface area contributed by atoms with Gasteiger partial charge in [-0.05, 0) is 12.1 Å². The monoisotopic (exact) mass is 274 g/mol. The number of nitrogen functional groups attached to an aromatic ring is 1. The third-order valence-corrected chi connectivity index (χ3v) is 3.66. The summed E-state index contributed by atoms with van der Waals surface area (Å²) in [6.45, 7) is 4.64. The van der Waals surface area contributed by atoms with E-state index in [0.29, 0.717) is 17.9 Å². The smallest absolute Gasteiger partial charge is 0.349 e. The Morgan fingerprint density at radius 1 is 1.20 bits per heavy atom. The highest BCUT2D eigenvalue weighted by Crippen LogP contribution is 2.16. The number of ether oxygens (including phenoxy) is 1. The van der Waals surface area contributed by atoms with Gasteiger partial charge in [0.2, 0.25) is 0 Å². The molecule has 20 heavy (non-hydrogen) atoms. The molecule has 1 aromatic carbocycles. The van der Waals surface area contributed by atoms with Crippen LogP contribution in [0.5, 0.6) is 0 Å². The Morgan fingerprint density at radius 3 is 2.75 bits per heavy atom. The molecule has 1 aliphatic heterocycles. The van der Waals surface area contributed by atoms with E-state index in [9.17, 15) is 4.79 Å². The van der Waals surface area contributed by atoms with Gasteiger partial charge in [0, 0.05) is 31.6 Å². The fourth-order valence-corrected chi connectivity index (χ4v) is 2.48. The zero-order chi connectivity index (χ0) is 13.9. The topological polar surface area (TPSA) is 73.4 Å². The predicted molar refractivity (Wildman–Crippen MR) is 77.7 cm³/mol. The van der Waals surface area contributed by atoms with Crippen molar-refractivity contribution in [2.24, 2.45) is 0 Å². The molecule has 106 valence electrons. The van der Waals surface area contributed by atoms with Crippen LogP contribution in [0.2, 0.25) is 0 Å². The lowest BCUT2D eigenvalue weighted by molar-refractivity contribution is 0.0363. The average Bonchev–Trinajstić information content (AvgIpc) is 2.48. The first kappa shape index (κ1) is 13.1. The molecule has 1 aromatic heterocycles. The molecular formula is C14H18N4O2. The number of rotatable bonds is 3. The van der Waals surface area contributed by atoms with Gasteiger partial charge >= 0.3 is 5.69 Å². The maximum absolute atomic E-state index is 12.1. The van der Waals surface area contributed by atoms with E-state index in [1.807, 2.05) is 18.2 Å². The molecule has 3 rings (SSSR count). The second-order valence-corrected chi connectivity index (χ2v) is 4.90. The van der Waals surface area contributed by atoms with Crippen molar-refractivity contribution in [3.05, 3.63) is 34.7 Å². The molecule has 0 bridgehead atoms. The number of hydrogen-bond donors (Lipinski definition) is 1. The van der Waals surface area contributed by atoms with Crippen molar-refractivity contribution in [3.63, 3.8) is 0 Å². The average molecular weight is 274 g/mol. The number of nitrogens with two attached hydrogens (primary N) is 1. The maximum atomic E-state index is 12.1. The summed E-state index contributed by atoms with van der Waals surface area (Å²) in [4.78, 5) is 18.4. The third kappa shape index (κ3) is 2.52. The van der Waals surface area contributed by atoms with Crippen LogP contribution in [0, 0.1) is 0 Å². The molecule has 2 aromatic rings. The van der Waals surface area contributed by atoms with Gasteiger partial charge in [0.05, 0.1) is 18.7 Å². The summed E-state index contributed by atoms with van der Waals surface area (Å²) in [6.07, 6.45) is 0. The Kier molecular flexibility index (Phi) is 3.66. The highest BCUT2D eigenvalue weighted by molar-refractivity contribution is 5.87. The standard InChI is InChI=1S/C14H18N4O2/c15-13-11-3-1-2-4-12(11)16-14(19)18(13)6-5-17-7-9-20-10-8-17/h1-4H,5-10,15H2. The van der Waals surface area contributed by atoms with Gasteiger partial charge in [0.15, 0.2) is 0 Å². The number of hydrogen-bond acceptors (Lipinski definition) is 5. The van der Waals surface area contributed by atoms with Crippen molar-refractivity contribution in [2.75, 3.05) is 38.6 Å². The first-order valence-electron chi connectivity index (χ1n) is 6.81. The van der Waals surface area contributed by atoms with Gasteiger partial charge in [0.1, 0.15) is 5.82 Å². The van der Waals surface area contributed by atoms with Gasteiger partial charge in [0.25, 0.3) is 0 Å². The molecule has 0 atom stereocenters. The van der Waals surface area contributed by atoms with Gasteiger partial charge in [-0.3, -0.25) is 9.47 Å². The van der Waals surface area contributed by atoms with Crippen LogP contribution < -0.4 is 11.4 Å². The molecule has 1 fully saturated rings.